The van der Waals surface area contributed by atoms with Gasteiger partial charge in [0, 0.05) is 19.8 Å². The van der Waals surface area contributed by atoms with Crippen molar-refractivity contribution < 1.29 is 4.79 Å². The molecular formula is C11H14N6O. The molecule has 0 aliphatic carbocycles. The first-order valence-electron chi connectivity index (χ1n) is 5.55. The molecule has 0 radical (unpaired) electrons. The minimum Gasteiger partial charge on any atom is -0.369 e. The third-order valence-corrected chi connectivity index (χ3v) is 2.21. The Kier molecular flexibility index (Phi) is 3.52. The van der Waals surface area contributed by atoms with E-state index in [4.69, 9.17) is 0 Å². The van der Waals surface area contributed by atoms with Crippen molar-refractivity contribution in [3.63, 3.8) is 0 Å². The molecule has 0 bridgehead atoms. The maximum absolute atomic E-state index is 11.8. The number of nitrogens with one attached hydrogen (secondary N) is 2. The second kappa shape index (κ2) is 5.26. The predicted octanol–water partition coefficient (Wildman–Crippen LogP) is 0.894. The third-order valence-electron chi connectivity index (χ3n) is 2.21. The summed E-state index contributed by atoms with van der Waals surface area (Å²) in [5.74, 6) is 0.342. The number of amides is 1. The number of aromatic nitrogens is 4. The highest BCUT2D eigenvalue weighted by atomic mass is 16.1. The fraction of sp³-hybridized carbons (Fsp3) is 0.273. The van der Waals surface area contributed by atoms with Crippen molar-refractivity contribution in [1.29, 1.82) is 0 Å². The van der Waals surface area contributed by atoms with Gasteiger partial charge in [-0.1, -0.05) is 0 Å². The summed E-state index contributed by atoms with van der Waals surface area (Å²) in [4.78, 5) is 19.9. The van der Waals surface area contributed by atoms with Crippen LogP contribution < -0.4 is 10.6 Å². The molecule has 2 N–H and O–H groups in total. The maximum Gasteiger partial charge on any atom is 0.275 e. The highest BCUT2D eigenvalue weighted by Crippen LogP contribution is 2.06. The predicted molar refractivity (Wildman–Crippen MR) is 67.4 cm³/mol. The molecule has 1 amide bonds. The van der Waals surface area contributed by atoms with Crippen molar-refractivity contribution in [1.82, 2.24) is 19.7 Å². The first kappa shape index (κ1) is 12.0. The Morgan fingerprint density at radius 3 is 2.72 bits per heavy atom. The Labute approximate surface area is 104 Å². The fourth-order valence-corrected chi connectivity index (χ4v) is 1.40. The van der Waals surface area contributed by atoms with Gasteiger partial charge in [-0.15, -0.1) is 0 Å². The van der Waals surface area contributed by atoms with E-state index in [0.29, 0.717) is 11.5 Å². The zero-order valence-corrected chi connectivity index (χ0v) is 10.2. The van der Waals surface area contributed by atoms with Crippen LogP contribution in [0.25, 0.3) is 0 Å². The van der Waals surface area contributed by atoms with Crippen LogP contribution in [0, 0.1) is 0 Å². The van der Waals surface area contributed by atoms with E-state index < -0.39 is 0 Å². The van der Waals surface area contributed by atoms with E-state index in [2.05, 4.69) is 25.7 Å². The summed E-state index contributed by atoms with van der Waals surface area (Å²) in [6, 6.07) is 0. The van der Waals surface area contributed by atoms with Gasteiger partial charge in [0.15, 0.2) is 0 Å². The second-order valence-corrected chi connectivity index (χ2v) is 3.67. The standard InChI is InChI=1S/C11H14N6O/c1-3-12-10-6-13-9(5-14-10)11(18)16-8-4-15-17(2)7-8/h4-7H,3H2,1-2H3,(H,12,14)(H,16,18). The van der Waals surface area contributed by atoms with Crippen molar-refractivity contribution in [2.24, 2.45) is 7.05 Å². The van der Waals surface area contributed by atoms with Crippen LogP contribution >= 0.6 is 0 Å². The molecule has 2 heterocycles. The van der Waals surface area contributed by atoms with Crippen LogP contribution in [-0.2, 0) is 7.05 Å². The number of anilines is 2. The molecular weight excluding hydrogens is 232 g/mol. The summed E-state index contributed by atoms with van der Waals surface area (Å²) in [6.45, 7) is 2.72. The number of rotatable bonds is 4. The topological polar surface area (TPSA) is 84.7 Å². The molecule has 0 aliphatic rings. The van der Waals surface area contributed by atoms with Crippen molar-refractivity contribution >= 4 is 17.4 Å². The van der Waals surface area contributed by atoms with Gasteiger partial charge in [-0.05, 0) is 6.92 Å². The van der Waals surface area contributed by atoms with Gasteiger partial charge in [-0.2, -0.15) is 5.10 Å². The van der Waals surface area contributed by atoms with E-state index in [1.54, 1.807) is 24.1 Å². The van der Waals surface area contributed by atoms with Gasteiger partial charge in [-0.3, -0.25) is 9.48 Å². The molecule has 7 heteroatoms. The van der Waals surface area contributed by atoms with Crippen LogP contribution in [0.1, 0.15) is 17.4 Å². The molecule has 0 saturated carbocycles. The Bertz CT molecular complexity index is 533. The fourth-order valence-electron chi connectivity index (χ4n) is 1.40. The van der Waals surface area contributed by atoms with Crippen molar-refractivity contribution in [2.75, 3.05) is 17.2 Å². The molecule has 2 rings (SSSR count). The van der Waals surface area contributed by atoms with E-state index >= 15 is 0 Å². The van der Waals surface area contributed by atoms with Gasteiger partial charge in [0.1, 0.15) is 11.5 Å². The molecule has 0 atom stereocenters. The monoisotopic (exact) mass is 246 g/mol. The van der Waals surface area contributed by atoms with Gasteiger partial charge in [0.2, 0.25) is 0 Å². The maximum atomic E-state index is 11.8. The molecule has 0 spiro atoms. The Hall–Kier alpha value is -2.44. The number of aryl methyl sites for hydroxylation is 1. The SMILES string of the molecule is CCNc1cnc(C(=O)Nc2cnn(C)c2)cn1. The number of hydrogen-bond donors (Lipinski definition) is 2. The number of carbonyl (C=O) groups excluding carboxylic acids is 1. The molecule has 0 unspecified atom stereocenters. The molecule has 0 saturated heterocycles. The van der Waals surface area contributed by atoms with E-state index in [0.717, 1.165) is 6.54 Å². The number of carbonyl (C=O) groups is 1. The van der Waals surface area contributed by atoms with E-state index in [1.165, 1.54) is 12.4 Å². The largest absolute Gasteiger partial charge is 0.369 e. The number of nitrogens with zero attached hydrogens (tertiary/aromatic N) is 4. The lowest BCUT2D eigenvalue weighted by molar-refractivity contribution is 0.102. The summed E-state index contributed by atoms with van der Waals surface area (Å²) in [5, 5.41) is 9.65. The van der Waals surface area contributed by atoms with Gasteiger partial charge >= 0.3 is 0 Å². The van der Waals surface area contributed by atoms with Gasteiger partial charge in [-0.25, -0.2) is 9.97 Å². The van der Waals surface area contributed by atoms with Crippen LogP contribution in [0.15, 0.2) is 24.8 Å². The molecule has 2 aromatic rings. The van der Waals surface area contributed by atoms with Crippen LogP contribution in [0.4, 0.5) is 11.5 Å². The summed E-state index contributed by atoms with van der Waals surface area (Å²) in [5.41, 5.74) is 0.889. The van der Waals surface area contributed by atoms with Gasteiger partial charge < -0.3 is 10.6 Å². The smallest absolute Gasteiger partial charge is 0.275 e. The first-order valence-corrected chi connectivity index (χ1v) is 5.55. The Balaban J connectivity index is 2.04. The van der Waals surface area contributed by atoms with E-state index in [-0.39, 0.29) is 11.6 Å². The summed E-state index contributed by atoms with van der Waals surface area (Å²) >= 11 is 0. The van der Waals surface area contributed by atoms with Crippen LogP contribution in [0.3, 0.4) is 0 Å². The normalized spacial score (nSPS) is 10.1. The highest BCUT2D eigenvalue weighted by Gasteiger charge is 2.09. The second-order valence-electron chi connectivity index (χ2n) is 3.67. The average Bonchev–Trinajstić information content (AvgIpc) is 2.76. The van der Waals surface area contributed by atoms with E-state index in [9.17, 15) is 4.79 Å². The van der Waals surface area contributed by atoms with Crippen LogP contribution in [0.5, 0.6) is 0 Å². The lowest BCUT2D eigenvalue weighted by Gasteiger charge is -2.03. The zero-order valence-electron chi connectivity index (χ0n) is 10.2. The Morgan fingerprint density at radius 2 is 2.17 bits per heavy atom. The minimum atomic E-state index is -0.307. The molecule has 0 aromatic carbocycles. The van der Waals surface area contributed by atoms with Gasteiger partial charge in [0.25, 0.3) is 5.91 Å². The highest BCUT2D eigenvalue weighted by molar-refractivity contribution is 6.02. The first-order chi connectivity index (χ1) is 8.69. The summed E-state index contributed by atoms with van der Waals surface area (Å²) < 4.78 is 1.61. The molecule has 0 aliphatic heterocycles. The summed E-state index contributed by atoms with van der Waals surface area (Å²) in [7, 11) is 1.78. The third kappa shape index (κ3) is 2.82. The average molecular weight is 246 g/mol. The summed E-state index contributed by atoms with van der Waals surface area (Å²) in [6.07, 6.45) is 6.24. The van der Waals surface area contributed by atoms with Crippen molar-refractivity contribution in [3.05, 3.63) is 30.5 Å². The van der Waals surface area contributed by atoms with Crippen LogP contribution in [0.2, 0.25) is 0 Å². The molecule has 94 valence electrons. The van der Waals surface area contributed by atoms with Crippen molar-refractivity contribution in [2.45, 2.75) is 6.92 Å². The molecule has 0 fully saturated rings. The lowest BCUT2D eigenvalue weighted by Crippen LogP contribution is -2.14. The minimum absolute atomic E-state index is 0.264. The van der Waals surface area contributed by atoms with Crippen LogP contribution in [-0.4, -0.2) is 32.2 Å². The van der Waals surface area contributed by atoms with E-state index in [1.807, 2.05) is 6.92 Å². The zero-order chi connectivity index (χ0) is 13.0. The van der Waals surface area contributed by atoms with Crippen molar-refractivity contribution in [3.8, 4) is 0 Å². The van der Waals surface area contributed by atoms with Gasteiger partial charge in [0.05, 0.1) is 24.3 Å². The number of hydrogen-bond acceptors (Lipinski definition) is 5. The quantitative estimate of drug-likeness (QED) is 0.837. The lowest BCUT2D eigenvalue weighted by atomic mass is 10.4. The molecule has 2 aromatic heterocycles. The molecule has 18 heavy (non-hydrogen) atoms. The Morgan fingerprint density at radius 1 is 1.33 bits per heavy atom. The molecule has 7 nitrogen and oxygen atoms in total.